The van der Waals surface area contributed by atoms with Crippen LogP contribution in [0.1, 0.15) is 26.2 Å². The topological polar surface area (TPSA) is 46.9 Å². The number of hydrogen-bond donors (Lipinski definition) is 1. The van der Waals surface area contributed by atoms with Crippen molar-refractivity contribution in [3.8, 4) is 0 Å². The van der Waals surface area contributed by atoms with Crippen LogP contribution in [0.4, 0.5) is 5.69 Å². The molecule has 1 N–H and O–H groups in total. The molecule has 0 saturated heterocycles. The molecule has 0 aromatic carbocycles. The van der Waals surface area contributed by atoms with Crippen LogP contribution in [0.25, 0.3) is 0 Å². The number of halogens is 1. The molecule has 88 valence electrons. The lowest BCUT2D eigenvalue weighted by Crippen LogP contribution is -2.26. The summed E-state index contributed by atoms with van der Waals surface area (Å²) in [5.74, 6) is 0.625. The van der Waals surface area contributed by atoms with E-state index in [0.717, 1.165) is 6.42 Å². The Morgan fingerprint density at radius 3 is 2.94 bits per heavy atom. The second kappa shape index (κ2) is 4.45. The van der Waals surface area contributed by atoms with Gasteiger partial charge in [-0.1, -0.05) is 24.9 Å². The predicted molar refractivity (Wildman–Crippen MR) is 64.9 cm³/mol. The molecule has 1 fully saturated rings. The van der Waals surface area contributed by atoms with E-state index < -0.39 is 0 Å². The van der Waals surface area contributed by atoms with Gasteiger partial charge in [-0.2, -0.15) is 5.10 Å². The average molecular weight is 242 g/mol. The van der Waals surface area contributed by atoms with Crippen molar-refractivity contribution >= 4 is 17.3 Å². The number of nitrogens with one attached hydrogen (secondary N) is 1. The molecule has 0 bridgehead atoms. The molecule has 0 spiro atoms. The van der Waals surface area contributed by atoms with Crippen LogP contribution in [0.2, 0.25) is 5.02 Å². The van der Waals surface area contributed by atoms with Crippen molar-refractivity contribution in [1.29, 1.82) is 0 Å². The van der Waals surface area contributed by atoms with Gasteiger partial charge in [0.15, 0.2) is 0 Å². The maximum Gasteiger partial charge on any atom is 0.287 e. The summed E-state index contributed by atoms with van der Waals surface area (Å²) in [5.41, 5.74) is 0.404. The van der Waals surface area contributed by atoms with E-state index in [1.165, 1.54) is 17.5 Å². The van der Waals surface area contributed by atoms with E-state index in [-0.39, 0.29) is 10.6 Å². The molecule has 2 atom stereocenters. The van der Waals surface area contributed by atoms with Gasteiger partial charge in [0, 0.05) is 13.1 Å². The Bertz CT molecular complexity index is 443. The van der Waals surface area contributed by atoms with Crippen molar-refractivity contribution in [3.05, 3.63) is 21.6 Å². The standard InChI is InChI=1S/C11H16ClN3O/c1-7-4-3-5-8(7)14-9-6-13-15(2)11(16)10(9)12/h6-8,14H,3-5H2,1-2H3. The fourth-order valence-corrected chi connectivity index (χ4v) is 2.40. The van der Waals surface area contributed by atoms with Crippen LogP contribution in [0.5, 0.6) is 0 Å². The Morgan fingerprint density at radius 1 is 1.56 bits per heavy atom. The summed E-state index contributed by atoms with van der Waals surface area (Å²) in [6.45, 7) is 2.22. The molecule has 16 heavy (non-hydrogen) atoms. The SMILES string of the molecule is CC1CCCC1Nc1cnn(C)c(=O)c1Cl. The zero-order valence-electron chi connectivity index (χ0n) is 9.53. The van der Waals surface area contributed by atoms with E-state index >= 15 is 0 Å². The first-order valence-corrected chi connectivity index (χ1v) is 5.95. The van der Waals surface area contributed by atoms with Crippen LogP contribution in [-0.2, 0) is 7.05 Å². The van der Waals surface area contributed by atoms with E-state index in [2.05, 4.69) is 17.3 Å². The Kier molecular flexibility index (Phi) is 3.19. The monoisotopic (exact) mass is 241 g/mol. The van der Waals surface area contributed by atoms with Crippen LogP contribution < -0.4 is 10.9 Å². The third-order valence-electron chi connectivity index (χ3n) is 3.28. The van der Waals surface area contributed by atoms with E-state index in [0.29, 0.717) is 17.6 Å². The summed E-state index contributed by atoms with van der Waals surface area (Å²) in [7, 11) is 1.59. The quantitative estimate of drug-likeness (QED) is 0.862. The maximum absolute atomic E-state index is 11.6. The van der Waals surface area contributed by atoms with Crippen molar-refractivity contribution in [1.82, 2.24) is 9.78 Å². The zero-order chi connectivity index (χ0) is 11.7. The van der Waals surface area contributed by atoms with Crippen LogP contribution >= 0.6 is 11.6 Å². The second-order valence-electron chi connectivity index (χ2n) is 4.46. The van der Waals surface area contributed by atoms with Gasteiger partial charge in [0.1, 0.15) is 5.02 Å². The lowest BCUT2D eigenvalue weighted by Gasteiger charge is -2.19. The summed E-state index contributed by atoms with van der Waals surface area (Å²) >= 11 is 5.99. The van der Waals surface area contributed by atoms with Gasteiger partial charge < -0.3 is 5.32 Å². The number of nitrogens with zero attached hydrogens (tertiary/aromatic N) is 2. The van der Waals surface area contributed by atoms with E-state index in [9.17, 15) is 4.79 Å². The summed E-state index contributed by atoms with van der Waals surface area (Å²) in [5, 5.41) is 7.52. The second-order valence-corrected chi connectivity index (χ2v) is 4.84. The number of rotatable bonds is 2. The fraction of sp³-hybridized carbons (Fsp3) is 0.636. The number of aromatic nitrogens is 2. The van der Waals surface area contributed by atoms with Gasteiger partial charge >= 0.3 is 0 Å². The van der Waals surface area contributed by atoms with Gasteiger partial charge in [-0.15, -0.1) is 0 Å². The molecule has 1 aliphatic rings. The molecular weight excluding hydrogens is 226 g/mol. The van der Waals surface area contributed by atoms with E-state index in [1.54, 1.807) is 13.2 Å². The highest BCUT2D eigenvalue weighted by molar-refractivity contribution is 6.32. The Balaban J connectivity index is 2.22. The van der Waals surface area contributed by atoms with Crippen LogP contribution in [-0.4, -0.2) is 15.8 Å². The predicted octanol–water partition coefficient (Wildman–Crippen LogP) is 2.03. The van der Waals surface area contributed by atoms with Crippen molar-refractivity contribution in [2.75, 3.05) is 5.32 Å². The molecule has 1 aromatic rings. The molecular formula is C11H16ClN3O. The third-order valence-corrected chi connectivity index (χ3v) is 3.65. The first-order chi connectivity index (χ1) is 7.59. The van der Waals surface area contributed by atoms with Gasteiger partial charge in [-0.25, -0.2) is 4.68 Å². The molecule has 1 aromatic heterocycles. The van der Waals surface area contributed by atoms with Gasteiger partial charge in [-0.3, -0.25) is 4.79 Å². The first-order valence-electron chi connectivity index (χ1n) is 5.58. The lowest BCUT2D eigenvalue weighted by molar-refractivity contribution is 0.555. The zero-order valence-corrected chi connectivity index (χ0v) is 10.3. The van der Waals surface area contributed by atoms with Crippen molar-refractivity contribution in [2.24, 2.45) is 13.0 Å². The minimum absolute atomic E-state index is 0.233. The summed E-state index contributed by atoms with van der Waals surface area (Å²) in [6.07, 6.45) is 5.21. The van der Waals surface area contributed by atoms with Crippen molar-refractivity contribution in [2.45, 2.75) is 32.2 Å². The van der Waals surface area contributed by atoms with Crippen molar-refractivity contribution in [3.63, 3.8) is 0 Å². The van der Waals surface area contributed by atoms with Gasteiger partial charge in [0.2, 0.25) is 0 Å². The summed E-state index contributed by atoms with van der Waals surface area (Å²) in [6, 6.07) is 0.409. The van der Waals surface area contributed by atoms with Crippen molar-refractivity contribution < 1.29 is 0 Å². The van der Waals surface area contributed by atoms with Gasteiger partial charge in [0.05, 0.1) is 11.9 Å². The Hall–Kier alpha value is -1.03. The molecule has 1 saturated carbocycles. The number of hydrogen-bond acceptors (Lipinski definition) is 3. The molecule has 0 radical (unpaired) electrons. The molecule has 1 aliphatic carbocycles. The lowest BCUT2D eigenvalue weighted by atomic mass is 10.1. The van der Waals surface area contributed by atoms with Crippen LogP contribution in [0.3, 0.4) is 0 Å². The highest BCUT2D eigenvalue weighted by Gasteiger charge is 2.24. The maximum atomic E-state index is 11.6. The number of aryl methyl sites for hydroxylation is 1. The minimum Gasteiger partial charge on any atom is -0.379 e. The van der Waals surface area contributed by atoms with Gasteiger partial charge in [0.25, 0.3) is 5.56 Å². The largest absolute Gasteiger partial charge is 0.379 e. The Morgan fingerprint density at radius 2 is 2.31 bits per heavy atom. The normalized spacial score (nSPS) is 24.7. The molecule has 1 heterocycles. The highest BCUT2D eigenvalue weighted by Crippen LogP contribution is 2.29. The highest BCUT2D eigenvalue weighted by atomic mass is 35.5. The molecule has 2 rings (SSSR count). The molecule has 0 aliphatic heterocycles. The molecule has 0 amide bonds. The molecule has 5 heteroatoms. The van der Waals surface area contributed by atoms with Crippen LogP contribution in [0, 0.1) is 5.92 Å². The third kappa shape index (κ3) is 2.07. The van der Waals surface area contributed by atoms with Crippen LogP contribution in [0.15, 0.2) is 11.0 Å². The van der Waals surface area contributed by atoms with E-state index in [1.807, 2.05) is 0 Å². The first kappa shape index (κ1) is 11.5. The smallest absolute Gasteiger partial charge is 0.287 e. The van der Waals surface area contributed by atoms with Gasteiger partial charge in [-0.05, 0) is 18.8 Å². The molecule has 4 nitrogen and oxygen atoms in total. The van der Waals surface area contributed by atoms with E-state index in [4.69, 9.17) is 11.6 Å². The summed E-state index contributed by atoms with van der Waals surface area (Å²) < 4.78 is 1.24. The average Bonchev–Trinajstić information content (AvgIpc) is 2.65. The number of anilines is 1. The Labute approximate surface area is 99.6 Å². The summed E-state index contributed by atoms with van der Waals surface area (Å²) in [4.78, 5) is 11.6. The fourth-order valence-electron chi connectivity index (χ4n) is 2.17. The minimum atomic E-state index is -0.252. The molecule has 2 unspecified atom stereocenters.